The van der Waals surface area contributed by atoms with Crippen molar-refractivity contribution < 1.29 is 4.92 Å². The molecule has 0 aliphatic rings. The molecule has 0 aliphatic carbocycles. The molecule has 0 radical (unpaired) electrons. The maximum Gasteiger partial charge on any atom is 0.292 e. The summed E-state index contributed by atoms with van der Waals surface area (Å²) in [6, 6.07) is 5.46. The number of nitro benzene ring substituents is 1. The molecule has 0 heterocycles. The molecule has 0 saturated carbocycles. The average molecular weight is 293 g/mol. The zero-order chi connectivity index (χ0) is 16.0. The number of hydrogen-bond donors (Lipinski definition) is 1. The summed E-state index contributed by atoms with van der Waals surface area (Å²) in [5, 5.41) is 14.3. The van der Waals surface area contributed by atoms with Crippen LogP contribution in [0.1, 0.15) is 46.1 Å². The molecule has 0 fully saturated rings. The van der Waals surface area contributed by atoms with Gasteiger partial charge in [0, 0.05) is 24.7 Å². The van der Waals surface area contributed by atoms with Crippen LogP contribution < -0.4 is 5.32 Å². The SMILES string of the molecule is CCCNc1ccc(CN(C)C(C)(C)CC)cc1[N+](=O)[O-]. The van der Waals surface area contributed by atoms with E-state index in [4.69, 9.17) is 0 Å². The third kappa shape index (κ3) is 4.70. The molecular weight excluding hydrogens is 266 g/mol. The van der Waals surface area contributed by atoms with E-state index >= 15 is 0 Å². The van der Waals surface area contributed by atoms with E-state index in [1.165, 1.54) is 0 Å². The van der Waals surface area contributed by atoms with Gasteiger partial charge in [0.1, 0.15) is 5.69 Å². The molecule has 5 nitrogen and oxygen atoms in total. The fourth-order valence-electron chi connectivity index (χ4n) is 1.99. The topological polar surface area (TPSA) is 58.4 Å². The van der Waals surface area contributed by atoms with Gasteiger partial charge in [0.05, 0.1) is 4.92 Å². The smallest absolute Gasteiger partial charge is 0.292 e. The summed E-state index contributed by atoms with van der Waals surface area (Å²) in [6.45, 7) is 9.99. The van der Waals surface area contributed by atoms with Crippen molar-refractivity contribution in [3.8, 4) is 0 Å². The first-order valence-electron chi connectivity index (χ1n) is 7.54. The highest BCUT2D eigenvalue weighted by Gasteiger charge is 2.22. The van der Waals surface area contributed by atoms with Gasteiger partial charge in [-0.3, -0.25) is 15.0 Å². The Balaban J connectivity index is 2.95. The zero-order valence-corrected chi connectivity index (χ0v) is 13.8. The number of rotatable bonds is 8. The molecule has 1 rings (SSSR count). The lowest BCUT2D eigenvalue weighted by molar-refractivity contribution is -0.384. The lowest BCUT2D eigenvalue weighted by atomic mass is 9.99. The van der Waals surface area contributed by atoms with Gasteiger partial charge < -0.3 is 5.32 Å². The third-order valence-electron chi connectivity index (χ3n) is 4.14. The van der Waals surface area contributed by atoms with E-state index in [1.54, 1.807) is 6.07 Å². The Morgan fingerprint density at radius 2 is 2.00 bits per heavy atom. The maximum absolute atomic E-state index is 11.2. The Hall–Kier alpha value is -1.62. The molecule has 1 aromatic carbocycles. The van der Waals surface area contributed by atoms with Crippen LogP contribution in [-0.4, -0.2) is 29.0 Å². The maximum atomic E-state index is 11.2. The van der Waals surface area contributed by atoms with Gasteiger partial charge >= 0.3 is 0 Å². The summed E-state index contributed by atoms with van der Waals surface area (Å²) >= 11 is 0. The quantitative estimate of drug-likeness (QED) is 0.580. The van der Waals surface area contributed by atoms with Gasteiger partial charge in [-0.2, -0.15) is 0 Å². The summed E-state index contributed by atoms with van der Waals surface area (Å²) in [5.74, 6) is 0. The Morgan fingerprint density at radius 1 is 1.33 bits per heavy atom. The van der Waals surface area contributed by atoms with Crippen LogP contribution in [-0.2, 0) is 6.54 Å². The van der Waals surface area contributed by atoms with Gasteiger partial charge in [-0.05, 0) is 45.4 Å². The van der Waals surface area contributed by atoms with Gasteiger partial charge in [0.15, 0.2) is 0 Å². The standard InChI is InChI=1S/C16H27N3O2/c1-6-10-17-14-9-8-13(11-15(14)19(20)21)12-18(5)16(3,4)7-2/h8-9,11,17H,6-7,10,12H2,1-5H3. The summed E-state index contributed by atoms with van der Waals surface area (Å²) in [7, 11) is 2.05. The molecule has 0 saturated heterocycles. The van der Waals surface area contributed by atoms with Crippen LogP contribution in [0.2, 0.25) is 0 Å². The van der Waals surface area contributed by atoms with E-state index in [0.717, 1.165) is 24.9 Å². The molecule has 0 atom stereocenters. The molecule has 0 unspecified atom stereocenters. The van der Waals surface area contributed by atoms with Crippen molar-refractivity contribution in [2.24, 2.45) is 0 Å². The van der Waals surface area contributed by atoms with Crippen molar-refractivity contribution >= 4 is 11.4 Å². The van der Waals surface area contributed by atoms with Crippen LogP contribution >= 0.6 is 0 Å². The average Bonchev–Trinajstić information content (AvgIpc) is 2.45. The molecule has 21 heavy (non-hydrogen) atoms. The number of anilines is 1. The first-order valence-corrected chi connectivity index (χ1v) is 7.54. The second-order valence-corrected chi connectivity index (χ2v) is 6.06. The van der Waals surface area contributed by atoms with Crippen LogP contribution in [0.4, 0.5) is 11.4 Å². The van der Waals surface area contributed by atoms with Crippen molar-refractivity contribution in [3.63, 3.8) is 0 Å². The van der Waals surface area contributed by atoms with E-state index in [9.17, 15) is 10.1 Å². The molecule has 0 spiro atoms. The first kappa shape index (κ1) is 17.4. The molecule has 118 valence electrons. The molecular formula is C16H27N3O2. The highest BCUT2D eigenvalue weighted by Crippen LogP contribution is 2.27. The van der Waals surface area contributed by atoms with Crippen LogP contribution in [0, 0.1) is 10.1 Å². The normalized spacial score (nSPS) is 11.7. The van der Waals surface area contributed by atoms with Crippen molar-refractivity contribution in [2.45, 2.75) is 52.6 Å². The minimum absolute atomic E-state index is 0.0773. The lowest BCUT2D eigenvalue weighted by Gasteiger charge is -2.34. The second kappa shape index (κ2) is 7.41. The number of nitro groups is 1. The highest BCUT2D eigenvalue weighted by atomic mass is 16.6. The van der Waals surface area contributed by atoms with E-state index in [1.807, 2.05) is 19.1 Å². The molecule has 0 amide bonds. The summed E-state index contributed by atoms with van der Waals surface area (Å²) < 4.78 is 0. The monoisotopic (exact) mass is 293 g/mol. The lowest BCUT2D eigenvalue weighted by Crippen LogP contribution is -2.39. The Kier molecular flexibility index (Phi) is 6.15. The minimum atomic E-state index is -0.313. The second-order valence-electron chi connectivity index (χ2n) is 6.06. The Labute approximate surface area is 127 Å². The van der Waals surface area contributed by atoms with Crippen LogP contribution in [0.15, 0.2) is 18.2 Å². The van der Waals surface area contributed by atoms with Crippen molar-refractivity contribution in [3.05, 3.63) is 33.9 Å². The van der Waals surface area contributed by atoms with Gasteiger partial charge in [0.2, 0.25) is 0 Å². The van der Waals surface area contributed by atoms with E-state index < -0.39 is 0 Å². The Morgan fingerprint density at radius 3 is 2.52 bits per heavy atom. The fraction of sp³-hybridized carbons (Fsp3) is 0.625. The van der Waals surface area contributed by atoms with Gasteiger partial charge in [-0.1, -0.05) is 19.9 Å². The predicted molar refractivity (Wildman–Crippen MR) is 87.7 cm³/mol. The minimum Gasteiger partial charge on any atom is -0.380 e. The van der Waals surface area contributed by atoms with Crippen LogP contribution in [0.25, 0.3) is 0 Å². The van der Waals surface area contributed by atoms with E-state index in [2.05, 4.69) is 38.0 Å². The zero-order valence-electron chi connectivity index (χ0n) is 13.8. The number of nitrogens with one attached hydrogen (secondary N) is 1. The van der Waals surface area contributed by atoms with Crippen molar-refractivity contribution in [2.75, 3.05) is 18.9 Å². The van der Waals surface area contributed by atoms with Crippen LogP contribution in [0.5, 0.6) is 0 Å². The third-order valence-corrected chi connectivity index (χ3v) is 4.14. The molecule has 1 aromatic rings. The van der Waals surface area contributed by atoms with Crippen molar-refractivity contribution in [1.82, 2.24) is 4.90 Å². The summed E-state index contributed by atoms with van der Waals surface area (Å²) in [6.07, 6.45) is 1.97. The molecule has 0 bridgehead atoms. The van der Waals surface area contributed by atoms with E-state index in [0.29, 0.717) is 12.2 Å². The van der Waals surface area contributed by atoms with Gasteiger partial charge in [-0.25, -0.2) is 0 Å². The van der Waals surface area contributed by atoms with Crippen LogP contribution in [0.3, 0.4) is 0 Å². The molecule has 0 aliphatic heterocycles. The van der Waals surface area contributed by atoms with Gasteiger partial charge in [0.25, 0.3) is 5.69 Å². The first-order chi connectivity index (χ1) is 9.81. The Bertz CT molecular complexity index is 486. The van der Waals surface area contributed by atoms with Gasteiger partial charge in [-0.15, -0.1) is 0 Å². The largest absolute Gasteiger partial charge is 0.380 e. The van der Waals surface area contributed by atoms with E-state index in [-0.39, 0.29) is 16.1 Å². The van der Waals surface area contributed by atoms with Crippen molar-refractivity contribution in [1.29, 1.82) is 0 Å². The summed E-state index contributed by atoms with van der Waals surface area (Å²) in [4.78, 5) is 13.1. The summed E-state index contributed by atoms with van der Waals surface area (Å²) in [5.41, 5.74) is 1.80. The molecule has 1 N–H and O–H groups in total. The molecule has 5 heteroatoms. The highest BCUT2D eigenvalue weighted by molar-refractivity contribution is 5.62. The number of benzene rings is 1. The fourth-order valence-corrected chi connectivity index (χ4v) is 1.99. The predicted octanol–water partition coefficient (Wildman–Crippen LogP) is 4.04. The number of nitrogens with zero attached hydrogens (tertiary/aromatic N) is 2. The number of hydrogen-bond acceptors (Lipinski definition) is 4. The molecule has 0 aromatic heterocycles.